The first-order valence-electron chi connectivity index (χ1n) is 7.60. The van der Waals surface area contributed by atoms with Gasteiger partial charge in [-0.3, -0.25) is 0 Å². The monoisotopic (exact) mass is 343 g/mol. The van der Waals surface area contributed by atoms with Gasteiger partial charge in [0.1, 0.15) is 0 Å². The van der Waals surface area contributed by atoms with Crippen LogP contribution in [0.5, 0.6) is 0 Å². The van der Waals surface area contributed by atoms with Crippen LogP contribution in [0.4, 0.5) is 8.78 Å². The smallest absolute Gasteiger partial charge is 0.227 e. The first kappa shape index (κ1) is 17.8. The number of benzene rings is 1. The Morgan fingerprint density at radius 1 is 1.13 bits per heavy atom. The zero-order valence-corrected chi connectivity index (χ0v) is 13.5. The van der Waals surface area contributed by atoms with Crippen LogP contribution in [0.2, 0.25) is 0 Å². The van der Waals surface area contributed by atoms with E-state index in [0.29, 0.717) is 24.4 Å². The lowest BCUT2D eigenvalue weighted by atomic mass is 9.72. The Labute approximate surface area is 139 Å². The van der Waals surface area contributed by atoms with Gasteiger partial charge in [0.05, 0.1) is 0 Å². The van der Waals surface area contributed by atoms with E-state index in [1.807, 2.05) is 0 Å². The number of nitrogens with zero attached hydrogens (tertiary/aromatic N) is 2. The third kappa shape index (κ3) is 3.87. The Hall–Kier alpha value is -1.53. The molecule has 0 unspecified atom stereocenters. The zero-order valence-electron chi connectivity index (χ0n) is 12.7. The zero-order chi connectivity index (χ0) is 15.6. The van der Waals surface area contributed by atoms with Gasteiger partial charge in [0, 0.05) is 12.0 Å². The fraction of sp³-hybridized carbons (Fsp3) is 0.500. The van der Waals surface area contributed by atoms with E-state index in [1.54, 1.807) is 0 Å². The van der Waals surface area contributed by atoms with Crippen molar-refractivity contribution in [1.29, 1.82) is 0 Å². The molecule has 1 aliphatic carbocycles. The van der Waals surface area contributed by atoms with E-state index in [0.717, 1.165) is 25.0 Å². The van der Waals surface area contributed by atoms with Crippen molar-refractivity contribution in [2.45, 2.75) is 38.5 Å². The summed E-state index contributed by atoms with van der Waals surface area (Å²) in [6.07, 6.45) is 6.34. The molecule has 1 saturated carbocycles. The molecular weight excluding hydrogens is 324 g/mol. The SMILES string of the molecule is Cl.NCC1(Cc2nc(-c3ccc(F)c(F)c3)no2)CCCCC1. The number of hydrogen-bond donors (Lipinski definition) is 1. The Balaban J connectivity index is 0.00000192. The second-order valence-electron chi connectivity index (χ2n) is 6.08. The van der Waals surface area contributed by atoms with Crippen LogP contribution in [0.1, 0.15) is 38.0 Å². The first-order valence-corrected chi connectivity index (χ1v) is 7.60. The van der Waals surface area contributed by atoms with E-state index in [9.17, 15) is 8.78 Å². The predicted octanol–water partition coefficient (Wildman–Crippen LogP) is 3.89. The Morgan fingerprint density at radius 2 is 1.87 bits per heavy atom. The molecule has 4 nitrogen and oxygen atoms in total. The second kappa shape index (κ2) is 7.36. The molecule has 0 spiro atoms. The van der Waals surface area contributed by atoms with Gasteiger partial charge in [0.15, 0.2) is 11.6 Å². The summed E-state index contributed by atoms with van der Waals surface area (Å²) in [5.74, 6) is -1.03. The van der Waals surface area contributed by atoms with Gasteiger partial charge >= 0.3 is 0 Å². The average molecular weight is 344 g/mol. The van der Waals surface area contributed by atoms with Crippen molar-refractivity contribution < 1.29 is 13.3 Å². The molecule has 1 aliphatic rings. The highest BCUT2D eigenvalue weighted by atomic mass is 35.5. The minimum Gasteiger partial charge on any atom is -0.339 e. The summed E-state index contributed by atoms with van der Waals surface area (Å²) in [5.41, 5.74) is 6.39. The standard InChI is InChI=1S/C16H19F2N3O.ClH/c17-12-5-4-11(8-13(12)18)15-20-14(22-21-15)9-16(10-19)6-2-1-3-7-16;/h4-5,8H,1-3,6-7,9-10,19H2;1H. The van der Waals surface area contributed by atoms with Crippen molar-refractivity contribution in [2.24, 2.45) is 11.1 Å². The van der Waals surface area contributed by atoms with Gasteiger partial charge in [-0.05, 0) is 43.0 Å². The summed E-state index contributed by atoms with van der Waals surface area (Å²) in [7, 11) is 0. The highest BCUT2D eigenvalue weighted by molar-refractivity contribution is 5.85. The quantitative estimate of drug-likeness (QED) is 0.914. The average Bonchev–Trinajstić information content (AvgIpc) is 2.99. The van der Waals surface area contributed by atoms with Crippen molar-refractivity contribution in [2.75, 3.05) is 6.54 Å². The van der Waals surface area contributed by atoms with E-state index >= 15 is 0 Å². The van der Waals surface area contributed by atoms with Crippen molar-refractivity contribution in [3.63, 3.8) is 0 Å². The molecule has 0 radical (unpaired) electrons. The largest absolute Gasteiger partial charge is 0.339 e. The normalized spacial score (nSPS) is 16.8. The third-order valence-corrected chi connectivity index (χ3v) is 4.52. The molecule has 1 fully saturated rings. The van der Waals surface area contributed by atoms with Gasteiger partial charge in [0.2, 0.25) is 11.7 Å². The van der Waals surface area contributed by atoms with Crippen LogP contribution in [0.3, 0.4) is 0 Å². The van der Waals surface area contributed by atoms with Gasteiger partial charge in [-0.15, -0.1) is 12.4 Å². The van der Waals surface area contributed by atoms with Gasteiger partial charge in [-0.25, -0.2) is 8.78 Å². The number of nitrogens with two attached hydrogens (primary N) is 1. The number of rotatable bonds is 4. The highest BCUT2D eigenvalue weighted by Crippen LogP contribution is 2.38. The van der Waals surface area contributed by atoms with Crippen LogP contribution >= 0.6 is 12.4 Å². The summed E-state index contributed by atoms with van der Waals surface area (Å²) in [5, 5.41) is 3.87. The molecule has 7 heteroatoms. The van der Waals surface area contributed by atoms with Crippen LogP contribution in [-0.2, 0) is 6.42 Å². The highest BCUT2D eigenvalue weighted by Gasteiger charge is 2.33. The maximum absolute atomic E-state index is 13.3. The van der Waals surface area contributed by atoms with E-state index in [2.05, 4.69) is 10.1 Å². The molecule has 2 aromatic rings. The lowest BCUT2D eigenvalue weighted by Crippen LogP contribution is -2.35. The Kier molecular flexibility index (Phi) is 5.70. The molecule has 23 heavy (non-hydrogen) atoms. The minimum atomic E-state index is -0.922. The molecular formula is C16H20ClF2N3O. The summed E-state index contributed by atoms with van der Waals surface area (Å²) in [6.45, 7) is 0.593. The maximum Gasteiger partial charge on any atom is 0.227 e. The number of halogens is 3. The van der Waals surface area contributed by atoms with Crippen LogP contribution in [0.25, 0.3) is 11.4 Å². The number of aromatic nitrogens is 2. The van der Waals surface area contributed by atoms with Crippen LogP contribution in [0, 0.1) is 17.0 Å². The summed E-state index contributed by atoms with van der Waals surface area (Å²) >= 11 is 0. The molecule has 0 atom stereocenters. The minimum absolute atomic E-state index is 0. The maximum atomic E-state index is 13.3. The summed E-state index contributed by atoms with van der Waals surface area (Å²) in [6, 6.07) is 3.57. The lowest BCUT2D eigenvalue weighted by molar-refractivity contribution is 0.177. The van der Waals surface area contributed by atoms with Crippen LogP contribution in [-0.4, -0.2) is 16.7 Å². The molecule has 3 rings (SSSR count). The van der Waals surface area contributed by atoms with E-state index < -0.39 is 11.6 Å². The van der Waals surface area contributed by atoms with Crippen LogP contribution < -0.4 is 5.73 Å². The molecule has 0 amide bonds. The van der Waals surface area contributed by atoms with Crippen LogP contribution in [0.15, 0.2) is 22.7 Å². The van der Waals surface area contributed by atoms with Gasteiger partial charge < -0.3 is 10.3 Å². The fourth-order valence-corrected chi connectivity index (χ4v) is 3.15. The molecule has 0 bridgehead atoms. The molecule has 1 aromatic carbocycles. The van der Waals surface area contributed by atoms with Gasteiger partial charge in [-0.2, -0.15) is 4.98 Å². The second-order valence-corrected chi connectivity index (χ2v) is 6.08. The summed E-state index contributed by atoms with van der Waals surface area (Å²) < 4.78 is 31.5. The van der Waals surface area contributed by atoms with Crippen molar-refractivity contribution in [3.8, 4) is 11.4 Å². The van der Waals surface area contributed by atoms with Crippen molar-refractivity contribution in [1.82, 2.24) is 10.1 Å². The lowest BCUT2D eigenvalue weighted by Gasteiger charge is -2.34. The first-order chi connectivity index (χ1) is 10.6. The molecule has 0 saturated heterocycles. The predicted molar refractivity (Wildman–Crippen MR) is 85.2 cm³/mol. The molecule has 0 aliphatic heterocycles. The molecule has 126 valence electrons. The van der Waals surface area contributed by atoms with E-state index in [-0.39, 0.29) is 23.6 Å². The topological polar surface area (TPSA) is 64.9 Å². The fourth-order valence-electron chi connectivity index (χ4n) is 3.15. The molecule has 2 N–H and O–H groups in total. The summed E-state index contributed by atoms with van der Waals surface area (Å²) in [4.78, 5) is 4.32. The molecule has 1 aromatic heterocycles. The van der Waals surface area contributed by atoms with Gasteiger partial charge in [0.25, 0.3) is 0 Å². The Morgan fingerprint density at radius 3 is 2.52 bits per heavy atom. The Bertz CT molecular complexity index is 657. The number of hydrogen-bond acceptors (Lipinski definition) is 4. The van der Waals surface area contributed by atoms with E-state index in [1.165, 1.54) is 25.3 Å². The molecule has 1 heterocycles. The van der Waals surface area contributed by atoms with Gasteiger partial charge in [-0.1, -0.05) is 24.4 Å². The van der Waals surface area contributed by atoms with Crippen molar-refractivity contribution in [3.05, 3.63) is 35.7 Å². The van der Waals surface area contributed by atoms with Crippen molar-refractivity contribution >= 4 is 12.4 Å². The third-order valence-electron chi connectivity index (χ3n) is 4.52. The van der Waals surface area contributed by atoms with E-state index in [4.69, 9.17) is 10.3 Å².